The maximum atomic E-state index is 9.26. The number of hydrogen-bond donors (Lipinski definition) is 1. The summed E-state index contributed by atoms with van der Waals surface area (Å²) in [4.78, 5) is 0. The van der Waals surface area contributed by atoms with Crippen LogP contribution in [0.4, 0.5) is 0 Å². The zero-order valence-electron chi connectivity index (χ0n) is 10.4. The van der Waals surface area contributed by atoms with E-state index in [1.165, 1.54) is 5.56 Å². The van der Waals surface area contributed by atoms with Crippen LogP contribution >= 0.6 is 0 Å². The van der Waals surface area contributed by atoms with Crippen molar-refractivity contribution in [2.45, 2.75) is 39.0 Å². The number of aliphatic hydroxyl groups excluding tert-OH is 1. The van der Waals surface area contributed by atoms with Gasteiger partial charge in [0.15, 0.2) is 0 Å². The molecule has 0 aliphatic rings. The molecule has 1 aromatic rings. The summed E-state index contributed by atoms with van der Waals surface area (Å²) in [5.74, 6) is 0.0718. The molecule has 0 aromatic heterocycles. The van der Waals surface area contributed by atoms with Crippen molar-refractivity contribution in [3.05, 3.63) is 34.9 Å². The molecule has 1 N–H and O–H groups in total. The molecule has 86 valence electrons. The lowest BCUT2D eigenvalue weighted by atomic mass is 9.80. The summed E-state index contributed by atoms with van der Waals surface area (Å²) >= 11 is 0. The van der Waals surface area contributed by atoms with Crippen molar-refractivity contribution in [1.82, 2.24) is 0 Å². The standard InChI is InChI=1S/C14H19NO/c1-10(9-16)12-7-11(8-15)5-6-13(12)14(2,3)4/h5-7,10,16H,9H2,1-4H3. The number of nitrogens with zero attached hydrogens (tertiary/aromatic N) is 1. The minimum Gasteiger partial charge on any atom is -0.396 e. The third-order valence-electron chi connectivity index (χ3n) is 2.79. The Morgan fingerprint density at radius 3 is 2.44 bits per heavy atom. The highest BCUT2D eigenvalue weighted by atomic mass is 16.3. The van der Waals surface area contributed by atoms with Crippen molar-refractivity contribution in [2.75, 3.05) is 6.61 Å². The molecule has 0 saturated carbocycles. The van der Waals surface area contributed by atoms with E-state index in [2.05, 4.69) is 26.8 Å². The van der Waals surface area contributed by atoms with Gasteiger partial charge in [-0.1, -0.05) is 33.8 Å². The molecule has 0 bridgehead atoms. The molecular formula is C14H19NO. The zero-order chi connectivity index (χ0) is 12.3. The van der Waals surface area contributed by atoms with Crippen LogP contribution < -0.4 is 0 Å². The van der Waals surface area contributed by atoms with Crippen molar-refractivity contribution >= 4 is 0 Å². The predicted molar refractivity (Wildman–Crippen MR) is 65.4 cm³/mol. The van der Waals surface area contributed by atoms with E-state index in [0.29, 0.717) is 5.56 Å². The van der Waals surface area contributed by atoms with Gasteiger partial charge in [0.1, 0.15) is 0 Å². The second-order valence-corrected chi connectivity index (χ2v) is 5.25. The Kier molecular flexibility index (Phi) is 3.72. The Morgan fingerprint density at radius 2 is 2.00 bits per heavy atom. The van der Waals surface area contributed by atoms with Gasteiger partial charge in [-0.2, -0.15) is 5.26 Å². The second kappa shape index (κ2) is 4.67. The number of benzene rings is 1. The van der Waals surface area contributed by atoms with Crippen LogP contribution in [-0.2, 0) is 5.41 Å². The molecular weight excluding hydrogens is 198 g/mol. The summed E-state index contributed by atoms with van der Waals surface area (Å²) in [6.07, 6.45) is 0. The molecule has 2 heteroatoms. The summed E-state index contributed by atoms with van der Waals surface area (Å²) in [7, 11) is 0. The minimum atomic E-state index is 0.0345. The van der Waals surface area contributed by atoms with E-state index < -0.39 is 0 Å². The summed E-state index contributed by atoms with van der Waals surface area (Å²) in [5.41, 5.74) is 2.97. The molecule has 16 heavy (non-hydrogen) atoms. The summed E-state index contributed by atoms with van der Waals surface area (Å²) < 4.78 is 0. The lowest BCUT2D eigenvalue weighted by Crippen LogP contribution is -2.16. The molecule has 0 aliphatic heterocycles. The fourth-order valence-corrected chi connectivity index (χ4v) is 1.82. The molecule has 0 aliphatic carbocycles. The Labute approximate surface area is 97.5 Å². The van der Waals surface area contributed by atoms with Crippen molar-refractivity contribution < 1.29 is 5.11 Å². The van der Waals surface area contributed by atoms with E-state index in [9.17, 15) is 5.11 Å². The van der Waals surface area contributed by atoms with E-state index in [-0.39, 0.29) is 17.9 Å². The maximum Gasteiger partial charge on any atom is 0.0991 e. The highest BCUT2D eigenvalue weighted by molar-refractivity contribution is 5.42. The lowest BCUT2D eigenvalue weighted by molar-refractivity contribution is 0.272. The maximum absolute atomic E-state index is 9.26. The SMILES string of the molecule is CC(CO)c1cc(C#N)ccc1C(C)(C)C. The molecule has 0 amide bonds. The van der Waals surface area contributed by atoms with Crippen LogP contribution in [0.25, 0.3) is 0 Å². The van der Waals surface area contributed by atoms with Gasteiger partial charge in [0.05, 0.1) is 11.6 Å². The van der Waals surface area contributed by atoms with Crippen LogP contribution in [0.15, 0.2) is 18.2 Å². The monoisotopic (exact) mass is 217 g/mol. The topological polar surface area (TPSA) is 44.0 Å². The molecule has 1 rings (SSSR count). The molecule has 1 atom stereocenters. The molecule has 0 fully saturated rings. The molecule has 1 aromatic carbocycles. The van der Waals surface area contributed by atoms with Gasteiger partial charge in [0.2, 0.25) is 0 Å². The summed E-state index contributed by atoms with van der Waals surface area (Å²) in [6.45, 7) is 8.51. The highest BCUT2D eigenvalue weighted by Crippen LogP contribution is 2.31. The van der Waals surface area contributed by atoms with Crippen molar-refractivity contribution in [3.63, 3.8) is 0 Å². The summed E-state index contributed by atoms with van der Waals surface area (Å²) in [5, 5.41) is 18.2. The van der Waals surface area contributed by atoms with E-state index in [0.717, 1.165) is 5.56 Å². The first-order chi connectivity index (χ1) is 7.40. The average Bonchev–Trinajstić information content (AvgIpc) is 2.25. The molecule has 0 saturated heterocycles. The van der Waals surface area contributed by atoms with Gasteiger partial charge in [-0.25, -0.2) is 0 Å². The van der Waals surface area contributed by atoms with Crippen LogP contribution in [0.5, 0.6) is 0 Å². The smallest absolute Gasteiger partial charge is 0.0991 e. The van der Waals surface area contributed by atoms with Crippen LogP contribution in [0.1, 0.15) is 50.3 Å². The third-order valence-corrected chi connectivity index (χ3v) is 2.79. The fourth-order valence-electron chi connectivity index (χ4n) is 1.82. The Morgan fingerprint density at radius 1 is 1.38 bits per heavy atom. The average molecular weight is 217 g/mol. The largest absolute Gasteiger partial charge is 0.396 e. The molecule has 0 radical (unpaired) electrons. The van der Waals surface area contributed by atoms with Crippen LogP contribution in [0.2, 0.25) is 0 Å². The van der Waals surface area contributed by atoms with Crippen LogP contribution in [-0.4, -0.2) is 11.7 Å². The van der Waals surface area contributed by atoms with Gasteiger partial charge in [-0.3, -0.25) is 0 Å². The quantitative estimate of drug-likeness (QED) is 0.827. The first-order valence-corrected chi connectivity index (χ1v) is 5.55. The van der Waals surface area contributed by atoms with Gasteiger partial charge in [-0.05, 0) is 28.7 Å². The van der Waals surface area contributed by atoms with E-state index >= 15 is 0 Å². The van der Waals surface area contributed by atoms with Gasteiger partial charge in [0.25, 0.3) is 0 Å². The van der Waals surface area contributed by atoms with Crippen LogP contribution in [0, 0.1) is 11.3 Å². The van der Waals surface area contributed by atoms with E-state index in [1.54, 1.807) is 0 Å². The third kappa shape index (κ3) is 2.62. The second-order valence-electron chi connectivity index (χ2n) is 5.25. The Balaban J connectivity index is 3.34. The van der Waals surface area contributed by atoms with Crippen molar-refractivity contribution in [3.8, 4) is 6.07 Å². The molecule has 1 unspecified atom stereocenters. The highest BCUT2D eigenvalue weighted by Gasteiger charge is 2.20. The number of aliphatic hydroxyl groups is 1. The van der Waals surface area contributed by atoms with E-state index in [4.69, 9.17) is 5.26 Å². The normalized spacial score (nSPS) is 13.2. The van der Waals surface area contributed by atoms with Crippen molar-refractivity contribution in [2.24, 2.45) is 0 Å². The number of hydrogen-bond acceptors (Lipinski definition) is 2. The minimum absolute atomic E-state index is 0.0345. The van der Waals surface area contributed by atoms with Gasteiger partial charge in [-0.15, -0.1) is 0 Å². The predicted octanol–water partition coefficient (Wildman–Crippen LogP) is 2.95. The Hall–Kier alpha value is -1.33. The van der Waals surface area contributed by atoms with Gasteiger partial charge in [0, 0.05) is 12.5 Å². The Bertz CT molecular complexity index is 410. The van der Waals surface area contributed by atoms with Crippen molar-refractivity contribution in [1.29, 1.82) is 5.26 Å². The zero-order valence-corrected chi connectivity index (χ0v) is 10.4. The lowest BCUT2D eigenvalue weighted by Gasteiger charge is -2.25. The van der Waals surface area contributed by atoms with Gasteiger partial charge >= 0.3 is 0 Å². The fraction of sp³-hybridized carbons (Fsp3) is 0.500. The molecule has 2 nitrogen and oxygen atoms in total. The first kappa shape index (κ1) is 12.7. The molecule has 0 heterocycles. The number of rotatable bonds is 2. The summed E-state index contributed by atoms with van der Waals surface area (Å²) in [6, 6.07) is 7.88. The van der Waals surface area contributed by atoms with Gasteiger partial charge < -0.3 is 5.11 Å². The number of nitriles is 1. The van der Waals surface area contributed by atoms with E-state index in [1.807, 2.05) is 25.1 Å². The van der Waals surface area contributed by atoms with Crippen LogP contribution in [0.3, 0.4) is 0 Å². The molecule has 0 spiro atoms. The first-order valence-electron chi connectivity index (χ1n) is 5.55.